The van der Waals surface area contributed by atoms with Gasteiger partial charge >= 0.3 is 0 Å². The molecule has 0 radical (unpaired) electrons. The summed E-state index contributed by atoms with van der Waals surface area (Å²) in [5.74, 6) is 0.692. The van der Waals surface area contributed by atoms with E-state index in [0.29, 0.717) is 12.4 Å². The maximum absolute atomic E-state index is 11.2. The van der Waals surface area contributed by atoms with Crippen LogP contribution in [-0.4, -0.2) is 9.97 Å². The Morgan fingerprint density at radius 1 is 1.31 bits per heavy atom. The Morgan fingerprint density at radius 2 is 2.00 bits per heavy atom. The fourth-order valence-corrected chi connectivity index (χ4v) is 1.30. The first-order chi connectivity index (χ1) is 5.27. The Hall–Kier alpha value is -0.580. The summed E-state index contributed by atoms with van der Waals surface area (Å²) in [4.78, 5) is 18.1. The molecule has 0 aromatic carbocycles. The molecule has 0 saturated carbocycles. The van der Waals surface area contributed by atoms with Gasteiger partial charge in [-0.2, -0.15) is 0 Å². The van der Waals surface area contributed by atoms with Crippen LogP contribution in [0, 0.1) is 6.92 Å². The quantitative estimate of drug-likeness (QED) is 0.675. The molecule has 0 spiro atoms. The van der Waals surface area contributed by atoms with E-state index in [-0.39, 0.29) is 30.4 Å². The molecule has 0 fully saturated rings. The van der Waals surface area contributed by atoms with Crippen LogP contribution in [0.15, 0.2) is 4.79 Å². The number of halogens is 2. The monoisotopic (exact) mass is 223 g/mol. The number of aromatic nitrogens is 2. The van der Waals surface area contributed by atoms with Crippen LogP contribution in [0.1, 0.15) is 17.1 Å². The molecule has 1 aromatic rings. The summed E-state index contributed by atoms with van der Waals surface area (Å²) in [6.07, 6.45) is 0. The van der Waals surface area contributed by atoms with Gasteiger partial charge in [0.2, 0.25) is 0 Å². The van der Waals surface area contributed by atoms with Crippen LogP contribution in [0.25, 0.3) is 0 Å². The molecular formula is C7H11Cl2N3O. The second-order valence-corrected chi connectivity index (χ2v) is 2.68. The summed E-state index contributed by atoms with van der Waals surface area (Å²) in [5.41, 5.74) is 1.68. The van der Waals surface area contributed by atoms with Crippen molar-refractivity contribution in [1.82, 2.24) is 15.3 Å². The highest BCUT2D eigenvalue weighted by atomic mass is 35.5. The van der Waals surface area contributed by atoms with Gasteiger partial charge in [-0.25, -0.2) is 4.98 Å². The molecule has 0 amide bonds. The Bertz CT molecular complexity index is 350. The minimum Gasteiger partial charge on any atom is -0.310 e. The minimum atomic E-state index is -0.00231. The molecule has 0 atom stereocenters. The number of nitrogens with one attached hydrogen (secondary N) is 2. The zero-order chi connectivity index (χ0) is 7.84. The lowest BCUT2D eigenvalue weighted by Gasteiger charge is -1.96. The SMILES string of the molecule is Cc1nc2c(c(=O)[nH]1)CNC2.Cl.Cl. The molecule has 1 aliphatic rings. The summed E-state index contributed by atoms with van der Waals surface area (Å²) in [6.45, 7) is 3.16. The van der Waals surface area contributed by atoms with Crippen molar-refractivity contribution in [3.8, 4) is 0 Å². The van der Waals surface area contributed by atoms with E-state index in [0.717, 1.165) is 17.8 Å². The zero-order valence-corrected chi connectivity index (χ0v) is 8.72. The van der Waals surface area contributed by atoms with Crippen LogP contribution >= 0.6 is 24.8 Å². The van der Waals surface area contributed by atoms with Gasteiger partial charge in [0.1, 0.15) is 5.82 Å². The van der Waals surface area contributed by atoms with E-state index in [2.05, 4.69) is 15.3 Å². The van der Waals surface area contributed by atoms with Gasteiger partial charge in [-0.1, -0.05) is 0 Å². The van der Waals surface area contributed by atoms with E-state index in [4.69, 9.17) is 0 Å². The van der Waals surface area contributed by atoms with Gasteiger partial charge in [-0.3, -0.25) is 4.79 Å². The van der Waals surface area contributed by atoms with Crippen LogP contribution in [0.4, 0.5) is 0 Å². The summed E-state index contributed by atoms with van der Waals surface area (Å²) in [5, 5.41) is 3.07. The number of fused-ring (bicyclic) bond motifs is 1. The van der Waals surface area contributed by atoms with Crippen LogP contribution in [0.5, 0.6) is 0 Å². The third-order valence-electron chi connectivity index (χ3n) is 1.81. The minimum absolute atomic E-state index is 0. The highest BCUT2D eigenvalue weighted by molar-refractivity contribution is 5.85. The highest BCUT2D eigenvalue weighted by Crippen LogP contribution is 2.06. The van der Waals surface area contributed by atoms with Crippen molar-refractivity contribution in [1.29, 1.82) is 0 Å². The highest BCUT2D eigenvalue weighted by Gasteiger charge is 2.14. The molecule has 2 rings (SSSR count). The van der Waals surface area contributed by atoms with Crippen LogP contribution in [-0.2, 0) is 13.1 Å². The summed E-state index contributed by atoms with van der Waals surface area (Å²) in [7, 11) is 0. The van der Waals surface area contributed by atoms with Gasteiger partial charge < -0.3 is 10.3 Å². The predicted octanol–water partition coefficient (Wildman–Crippen LogP) is 0.525. The maximum Gasteiger partial charge on any atom is 0.255 e. The Balaban J connectivity index is 0.000000720. The molecule has 2 N–H and O–H groups in total. The number of hydrogen-bond donors (Lipinski definition) is 2. The van der Waals surface area contributed by atoms with Gasteiger partial charge in [0.25, 0.3) is 5.56 Å². The van der Waals surface area contributed by atoms with Crippen molar-refractivity contribution in [2.45, 2.75) is 20.0 Å². The van der Waals surface area contributed by atoms with Crippen molar-refractivity contribution in [3.05, 3.63) is 27.4 Å². The Labute approximate surface area is 88.0 Å². The fraction of sp³-hybridized carbons (Fsp3) is 0.429. The largest absolute Gasteiger partial charge is 0.310 e. The average molecular weight is 224 g/mol. The van der Waals surface area contributed by atoms with E-state index < -0.39 is 0 Å². The maximum atomic E-state index is 11.2. The predicted molar refractivity (Wildman–Crippen MR) is 54.6 cm³/mol. The number of nitrogens with zero attached hydrogens (tertiary/aromatic N) is 1. The molecule has 0 saturated heterocycles. The molecule has 0 bridgehead atoms. The van der Waals surface area contributed by atoms with Gasteiger partial charge in [0, 0.05) is 13.1 Å². The molecule has 1 aliphatic heterocycles. The average Bonchev–Trinajstić information content (AvgIpc) is 2.34. The summed E-state index contributed by atoms with van der Waals surface area (Å²) < 4.78 is 0. The van der Waals surface area contributed by atoms with E-state index in [1.807, 2.05) is 0 Å². The van der Waals surface area contributed by atoms with Crippen molar-refractivity contribution in [2.75, 3.05) is 0 Å². The van der Waals surface area contributed by atoms with Crippen LogP contribution < -0.4 is 10.9 Å². The first-order valence-electron chi connectivity index (χ1n) is 3.57. The second kappa shape index (κ2) is 4.60. The molecule has 13 heavy (non-hydrogen) atoms. The molecule has 74 valence electrons. The fourth-order valence-electron chi connectivity index (χ4n) is 1.30. The molecule has 1 aromatic heterocycles. The van der Waals surface area contributed by atoms with Crippen molar-refractivity contribution >= 4 is 24.8 Å². The summed E-state index contributed by atoms with van der Waals surface area (Å²) in [6, 6.07) is 0. The smallest absolute Gasteiger partial charge is 0.255 e. The zero-order valence-electron chi connectivity index (χ0n) is 7.09. The first-order valence-corrected chi connectivity index (χ1v) is 3.57. The molecule has 0 unspecified atom stereocenters. The normalized spacial score (nSPS) is 12.7. The number of H-pyrrole nitrogens is 1. The molecule has 6 heteroatoms. The summed E-state index contributed by atoms with van der Waals surface area (Å²) >= 11 is 0. The van der Waals surface area contributed by atoms with Gasteiger partial charge in [0.05, 0.1) is 11.3 Å². The Morgan fingerprint density at radius 3 is 2.69 bits per heavy atom. The van der Waals surface area contributed by atoms with Crippen molar-refractivity contribution < 1.29 is 0 Å². The lowest BCUT2D eigenvalue weighted by molar-refractivity contribution is 0.756. The molecule has 0 aliphatic carbocycles. The van der Waals surface area contributed by atoms with Gasteiger partial charge in [-0.05, 0) is 6.92 Å². The van der Waals surface area contributed by atoms with E-state index in [9.17, 15) is 4.79 Å². The van der Waals surface area contributed by atoms with Crippen molar-refractivity contribution in [2.24, 2.45) is 0 Å². The van der Waals surface area contributed by atoms with Gasteiger partial charge in [0.15, 0.2) is 0 Å². The van der Waals surface area contributed by atoms with E-state index >= 15 is 0 Å². The van der Waals surface area contributed by atoms with E-state index in [1.165, 1.54) is 0 Å². The van der Waals surface area contributed by atoms with Crippen molar-refractivity contribution in [3.63, 3.8) is 0 Å². The van der Waals surface area contributed by atoms with Crippen LogP contribution in [0.2, 0.25) is 0 Å². The van der Waals surface area contributed by atoms with E-state index in [1.54, 1.807) is 6.92 Å². The second-order valence-electron chi connectivity index (χ2n) is 2.68. The standard InChI is InChI=1S/C7H9N3O.2ClH/c1-4-9-6-3-8-2-5(6)7(11)10-4;;/h8H,2-3H2,1H3,(H,9,10,11);2*1H. The number of aromatic amines is 1. The topological polar surface area (TPSA) is 57.8 Å². The molecule has 4 nitrogen and oxygen atoms in total. The Kier molecular flexibility index (Phi) is 4.39. The first kappa shape index (κ1) is 12.4. The molecular weight excluding hydrogens is 213 g/mol. The third-order valence-corrected chi connectivity index (χ3v) is 1.81. The number of aryl methyl sites for hydroxylation is 1. The number of hydrogen-bond acceptors (Lipinski definition) is 3. The molecule has 2 heterocycles. The third kappa shape index (κ3) is 2.21. The lowest BCUT2D eigenvalue weighted by Crippen LogP contribution is -2.15. The lowest BCUT2D eigenvalue weighted by atomic mass is 10.3. The van der Waals surface area contributed by atoms with Crippen LogP contribution in [0.3, 0.4) is 0 Å². The number of rotatable bonds is 0. The van der Waals surface area contributed by atoms with Gasteiger partial charge in [-0.15, -0.1) is 24.8 Å².